The first kappa shape index (κ1) is 61.7. The number of aromatic nitrogens is 4. The standard InChI is InChI=1S/C36H44FN3O6S.C31H39N3O5S/c1-34-17-23-19-39-40(25-6-4-5-22(15-25)31(42)38-13-14-45-3)28(23)16-24(34)9-10-26-27-11-12-36(33(44)47-20-37,46-32(43)21-7-8-21)35(27,2)18-29(41)30(26)34;1-29-15-19-17-33-34(21-6-4-5-18(13-21)27(36)32-11-12-39-3)24(19)14-20(29)7-8-22-23-9-10-31(38,28(37)40)30(23,2)16-25(35)26(22)29/h4-6,15-16,19,21,26-27,29-30,41H,7-14,17-18,20H2,1-3H3,(H,38,42);4-6,13-14,17,22-23,25-26,35,38H,7-12,15-16H2,1-3H3,(H,32,36)(H,37,40)/t26-,27-,29-,30+,34-,35-,36-;22-,23-,25-,26+,29-,30-,31-/m00/s1. The Morgan fingerprint density at radius 1 is 0.701 bits per heavy atom. The molecule has 2 aromatic carbocycles. The predicted octanol–water partition coefficient (Wildman–Crippen LogP) is 8.87. The zero-order valence-corrected chi connectivity index (χ0v) is 52.4. The molecule has 14 atom stereocenters. The van der Waals surface area contributed by atoms with Crippen LogP contribution in [0.15, 0.2) is 72.1 Å². The SMILES string of the molecule is COCCNC(=O)c1cccc(-n2ncc3c2C=C2CC[C@@H]4[C@H]([C@@H](O)C[C@@]5(C)[C@H]4CC[C@]5(O)C(=O)S)[C@@]2(C)C3)c1.COCCNC(=O)c1cccc(-n2ncc3c2C=C2CC[C@@H]4[C@H]([C@@H](O)C[C@@]5(C)[C@H]4CC[C@]5(OC(=O)C4CC4)C(=O)SCF)[C@@]2(C)C3)c1. The number of nitrogens with zero attached hydrogens (tertiary/aromatic N) is 4. The van der Waals surface area contributed by atoms with Crippen LogP contribution in [-0.2, 0) is 41.4 Å². The highest BCUT2D eigenvalue weighted by Crippen LogP contribution is 2.70. The summed E-state index contributed by atoms with van der Waals surface area (Å²) in [5.74, 6) is -0.285. The summed E-state index contributed by atoms with van der Waals surface area (Å²) in [4.78, 5) is 64.5. The maximum Gasteiger partial charge on any atom is 0.309 e. The first-order valence-corrected chi connectivity index (χ1v) is 32.6. The van der Waals surface area contributed by atoms with Gasteiger partial charge in [-0.3, -0.25) is 24.0 Å². The van der Waals surface area contributed by atoms with E-state index in [1.165, 1.54) is 11.1 Å². The van der Waals surface area contributed by atoms with Crippen molar-refractivity contribution in [2.45, 2.75) is 141 Å². The molecule has 9 aliphatic rings. The van der Waals surface area contributed by atoms with Crippen molar-refractivity contribution in [2.24, 2.45) is 63.1 Å². The summed E-state index contributed by atoms with van der Waals surface area (Å²) in [6, 6.07) is 14.0. The Balaban J connectivity index is 0.000000172. The van der Waals surface area contributed by atoms with Gasteiger partial charge in [-0.25, -0.2) is 13.8 Å². The fourth-order valence-electron chi connectivity index (χ4n) is 18.7. The number of thiol groups is 1. The molecule has 13 rings (SSSR count). The van der Waals surface area contributed by atoms with Crippen LogP contribution in [0.3, 0.4) is 0 Å². The van der Waals surface area contributed by atoms with Gasteiger partial charge in [0.25, 0.3) is 11.8 Å². The number of alkyl halides is 1. The van der Waals surface area contributed by atoms with Gasteiger partial charge in [-0.2, -0.15) is 10.2 Å². The lowest BCUT2D eigenvalue weighted by atomic mass is 9.45. The van der Waals surface area contributed by atoms with Gasteiger partial charge in [0.15, 0.2) is 5.60 Å². The number of ether oxygens (including phenoxy) is 3. The number of aliphatic hydroxyl groups excluding tert-OH is 2. The molecular weight excluding hydrogens is 1150 g/mol. The number of esters is 1. The van der Waals surface area contributed by atoms with Crippen molar-refractivity contribution < 1.29 is 57.9 Å². The molecule has 0 radical (unpaired) electrons. The van der Waals surface area contributed by atoms with Gasteiger partial charge in [0.2, 0.25) is 10.2 Å². The number of fused-ring (bicyclic) bond motifs is 12. The van der Waals surface area contributed by atoms with Crippen molar-refractivity contribution in [3.8, 4) is 11.4 Å². The predicted molar refractivity (Wildman–Crippen MR) is 330 cm³/mol. The zero-order valence-electron chi connectivity index (χ0n) is 50.7. The van der Waals surface area contributed by atoms with Crippen LogP contribution in [0.4, 0.5) is 4.39 Å². The molecule has 0 spiro atoms. The first-order valence-electron chi connectivity index (χ1n) is 31.2. The monoisotopic (exact) mass is 1230 g/mol. The maximum atomic E-state index is 13.7. The van der Waals surface area contributed by atoms with Crippen LogP contribution >= 0.6 is 24.4 Å². The van der Waals surface area contributed by atoms with Crippen LogP contribution in [0.2, 0.25) is 0 Å². The second kappa shape index (κ2) is 23.4. The summed E-state index contributed by atoms with van der Waals surface area (Å²) >= 11 is 4.67. The lowest BCUT2D eigenvalue weighted by molar-refractivity contribution is -0.197. The molecule has 5 N–H and O–H groups in total. The highest BCUT2D eigenvalue weighted by Gasteiger charge is 2.72. The normalized spacial score (nSPS) is 34.9. The van der Waals surface area contributed by atoms with E-state index in [2.05, 4.69) is 49.3 Å². The van der Waals surface area contributed by atoms with E-state index in [-0.39, 0.29) is 70.0 Å². The molecule has 20 heteroatoms. The lowest BCUT2D eigenvalue weighted by Gasteiger charge is -2.60. The van der Waals surface area contributed by atoms with E-state index in [0.717, 1.165) is 85.3 Å². The fraction of sp³-hybridized carbons (Fsp3) is 0.597. The third kappa shape index (κ3) is 10.1. The van der Waals surface area contributed by atoms with Crippen molar-refractivity contribution >= 4 is 64.6 Å². The highest BCUT2D eigenvalue weighted by atomic mass is 32.2. The number of thioether (sulfide) groups is 1. The summed E-state index contributed by atoms with van der Waals surface area (Å²) < 4.78 is 33.6. The number of carbonyl (C=O) groups excluding carboxylic acids is 5. The third-order valence-electron chi connectivity index (χ3n) is 23.1. The summed E-state index contributed by atoms with van der Waals surface area (Å²) in [6.07, 6.45) is 16.4. The number of methoxy groups -OCH3 is 2. The summed E-state index contributed by atoms with van der Waals surface area (Å²) in [7, 11) is 3.20. The van der Waals surface area contributed by atoms with Crippen LogP contribution < -0.4 is 10.6 Å². The number of aliphatic hydroxyl groups is 3. The number of hydrogen-bond donors (Lipinski definition) is 6. The molecule has 2 heterocycles. The molecule has 0 bridgehead atoms. The number of rotatable bonds is 15. The quantitative estimate of drug-likeness (QED) is 0.0371. The zero-order chi connectivity index (χ0) is 61.6. The number of nitrogens with one attached hydrogen (secondary N) is 2. The van der Waals surface area contributed by atoms with E-state index in [4.69, 9.17) is 24.4 Å². The van der Waals surface area contributed by atoms with Gasteiger partial charge in [-0.05, 0) is 208 Å². The van der Waals surface area contributed by atoms with Crippen molar-refractivity contribution in [1.29, 1.82) is 0 Å². The molecular formula is C67H83FN6O11S2. The Morgan fingerprint density at radius 3 is 1.66 bits per heavy atom. The molecule has 9 aliphatic carbocycles. The van der Waals surface area contributed by atoms with Crippen molar-refractivity contribution in [1.82, 2.24) is 30.2 Å². The van der Waals surface area contributed by atoms with E-state index in [1.54, 1.807) is 26.4 Å². The van der Waals surface area contributed by atoms with Gasteiger partial charge in [0.1, 0.15) is 11.6 Å². The van der Waals surface area contributed by atoms with Crippen LogP contribution in [0.1, 0.15) is 148 Å². The molecule has 4 aromatic rings. The molecule has 0 unspecified atom stereocenters. The van der Waals surface area contributed by atoms with Crippen molar-refractivity contribution in [3.05, 3.63) is 106 Å². The van der Waals surface area contributed by atoms with Gasteiger partial charge in [-0.15, -0.1) is 12.6 Å². The van der Waals surface area contributed by atoms with E-state index in [1.807, 2.05) is 72.0 Å². The molecule has 87 heavy (non-hydrogen) atoms. The van der Waals surface area contributed by atoms with E-state index in [0.29, 0.717) is 87.7 Å². The average molecular weight is 1230 g/mol. The smallest absolute Gasteiger partial charge is 0.309 e. The maximum absolute atomic E-state index is 13.7. The number of carbonyl (C=O) groups is 5. The van der Waals surface area contributed by atoms with Gasteiger partial charge in [0.05, 0.1) is 66.5 Å². The molecule has 0 aliphatic heterocycles. The molecule has 2 amide bonds. The fourth-order valence-corrected chi connectivity index (χ4v) is 19.8. The minimum absolute atomic E-state index is 0.0403. The van der Waals surface area contributed by atoms with E-state index >= 15 is 0 Å². The van der Waals surface area contributed by atoms with Crippen LogP contribution in [0.25, 0.3) is 23.5 Å². The highest BCUT2D eigenvalue weighted by molar-refractivity contribution is 8.13. The number of benzene rings is 2. The van der Waals surface area contributed by atoms with Gasteiger partial charge < -0.3 is 40.2 Å². The molecule has 466 valence electrons. The topological polar surface area (TPSA) is 233 Å². The molecule has 7 saturated carbocycles. The average Bonchev–Trinajstić information content (AvgIpc) is 1.66. The van der Waals surface area contributed by atoms with Gasteiger partial charge in [0, 0.05) is 49.3 Å². The first-order chi connectivity index (χ1) is 41.6. The second-order valence-electron chi connectivity index (χ2n) is 27.4. The second-order valence-corrected chi connectivity index (χ2v) is 28.7. The Labute approximate surface area is 517 Å². The van der Waals surface area contributed by atoms with Crippen LogP contribution in [0.5, 0.6) is 0 Å². The number of hydrogen-bond acceptors (Lipinski definition) is 14. The molecule has 2 aromatic heterocycles. The van der Waals surface area contributed by atoms with Gasteiger partial charge in [-0.1, -0.05) is 51.0 Å². The van der Waals surface area contributed by atoms with E-state index in [9.17, 15) is 43.7 Å². The summed E-state index contributed by atoms with van der Waals surface area (Å²) in [6.45, 7) is 10.3. The van der Waals surface area contributed by atoms with Crippen LogP contribution in [-0.4, -0.2) is 133 Å². The summed E-state index contributed by atoms with van der Waals surface area (Å²) in [5.41, 5.74) is 4.63. The largest absolute Gasteiger partial charge is 0.449 e. The van der Waals surface area contributed by atoms with E-state index < -0.39 is 50.5 Å². The molecule has 0 saturated heterocycles. The third-order valence-corrected chi connectivity index (χ3v) is 24.1. The summed E-state index contributed by atoms with van der Waals surface area (Å²) in [5, 5.41) is 49.5. The molecule has 7 fully saturated rings. The van der Waals surface area contributed by atoms with Crippen LogP contribution in [0, 0.1) is 63.1 Å². The number of halogens is 1. The Hall–Kier alpha value is -5.48. The Kier molecular flexibility index (Phi) is 16.6. The molecule has 17 nitrogen and oxygen atoms in total. The Morgan fingerprint density at radius 2 is 1.18 bits per heavy atom. The number of amides is 2. The Bertz CT molecular complexity index is 3450. The minimum Gasteiger partial charge on any atom is -0.449 e. The number of allylic oxidation sites excluding steroid dienone is 2. The minimum atomic E-state index is -1.49. The van der Waals surface area contributed by atoms with Gasteiger partial charge >= 0.3 is 5.97 Å². The lowest BCUT2D eigenvalue weighted by Crippen LogP contribution is -2.62. The van der Waals surface area contributed by atoms with Crippen molar-refractivity contribution in [2.75, 3.05) is 46.5 Å². The van der Waals surface area contributed by atoms with Crippen molar-refractivity contribution in [3.63, 3.8) is 0 Å².